The first-order chi connectivity index (χ1) is 11.9. The molecule has 0 spiro atoms. The zero-order valence-corrected chi connectivity index (χ0v) is 13.7. The van der Waals surface area contributed by atoms with Gasteiger partial charge in [0.1, 0.15) is 0 Å². The van der Waals surface area contributed by atoms with Gasteiger partial charge in [-0.3, -0.25) is 4.79 Å². The molecular weight excluding hydrogens is 327 g/mol. The van der Waals surface area contributed by atoms with Crippen LogP contribution in [-0.4, -0.2) is 5.91 Å². The number of carbonyl (C=O) groups is 1. The highest BCUT2D eigenvalue weighted by atomic mass is 19.4. The van der Waals surface area contributed by atoms with Crippen LogP contribution in [0.15, 0.2) is 53.8 Å². The molecule has 2 nitrogen and oxygen atoms in total. The quantitative estimate of drug-likeness (QED) is 0.801. The summed E-state index contributed by atoms with van der Waals surface area (Å²) in [5.74, 6) is -0.160. The van der Waals surface area contributed by atoms with Crippen molar-refractivity contribution >= 4 is 11.5 Å². The summed E-state index contributed by atoms with van der Waals surface area (Å²) in [6, 6.07) is 5.08. The fourth-order valence-corrected chi connectivity index (χ4v) is 3.15. The molecule has 0 bridgehead atoms. The van der Waals surface area contributed by atoms with Crippen molar-refractivity contribution in [2.75, 3.05) is 0 Å². The van der Waals surface area contributed by atoms with E-state index in [0.717, 1.165) is 42.7 Å². The molecule has 0 aromatic heterocycles. The number of nitrogens with one attached hydrogen (secondary N) is 1. The third-order valence-corrected chi connectivity index (χ3v) is 4.45. The highest BCUT2D eigenvalue weighted by Gasteiger charge is 2.30. The number of benzene rings is 1. The van der Waals surface area contributed by atoms with Crippen molar-refractivity contribution in [2.45, 2.75) is 38.3 Å². The second kappa shape index (κ2) is 7.30. The summed E-state index contributed by atoms with van der Waals surface area (Å²) < 4.78 is 38.2. The predicted molar refractivity (Wildman–Crippen MR) is 91.1 cm³/mol. The van der Waals surface area contributed by atoms with E-state index in [4.69, 9.17) is 0 Å². The van der Waals surface area contributed by atoms with Crippen molar-refractivity contribution in [2.24, 2.45) is 0 Å². The third kappa shape index (κ3) is 4.21. The monoisotopic (exact) mass is 346 g/mol. The van der Waals surface area contributed by atoms with Crippen LogP contribution in [0.25, 0.3) is 5.57 Å². The molecule has 0 heterocycles. The topological polar surface area (TPSA) is 29.1 Å². The van der Waals surface area contributed by atoms with Crippen molar-refractivity contribution in [1.82, 2.24) is 5.32 Å². The Bertz CT molecular complexity index is 739. The van der Waals surface area contributed by atoms with Crippen LogP contribution in [0, 0.1) is 6.42 Å². The number of hydrogen-bond acceptors (Lipinski definition) is 1. The summed E-state index contributed by atoms with van der Waals surface area (Å²) in [7, 11) is 0. The SMILES string of the molecule is O=C(NC1=CC[CH]C=C1)C1=C(c2ccc(C(F)(F)F)cc2)CCCC1. The summed E-state index contributed by atoms with van der Waals surface area (Å²) in [6.45, 7) is 0. The zero-order chi connectivity index (χ0) is 17.9. The van der Waals surface area contributed by atoms with Crippen LogP contribution < -0.4 is 5.32 Å². The molecule has 5 heteroatoms. The second-order valence-corrected chi connectivity index (χ2v) is 6.18. The van der Waals surface area contributed by atoms with Gasteiger partial charge in [0.25, 0.3) is 5.91 Å². The minimum Gasteiger partial charge on any atom is -0.323 e. The van der Waals surface area contributed by atoms with E-state index in [1.54, 1.807) is 0 Å². The van der Waals surface area contributed by atoms with Crippen LogP contribution in [0.2, 0.25) is 0 Å². The number of hydrogen-bond donors (Lipinski definition) is 1. The molecule has 131 valence electrons. The maximum absolute atomic E-state index is 12.7. The van der Waals surface area contributed by atoms with Crippen LogP contribution in [0.3, 0.4) is 0 Å². The number of halogens is 3. The molecule has 2 aliphatic rings. The third-order valence-electron chi connectivity index (χ3n) is 4.45. The van der Waals surface area contributed by atoms with E-state index in [2.05, 4.69) is 5.32 Å². The van der Waals surface area contributed by atoms with Gasteiger partial charge in [-0.1, -0.05) is 24.3 Å². The molecule has 0 unspecified atom stereocenters. The number of alkyl halides is 3. The molecule has 3 rings (SSSR count). The molecule has 1 aromatic rings. The molecule has 2 aliphatic carbocycles. The van der Waals surface area contributed by atoms with Crippen LogP contribution in [0.5, 0.6) is 0 Å². The number of allylic oxidation sites excluding steroid dienone is 4. The number of carbonyl (C=O) groups excluding carboxylic acids is 1. The molecule has 0 aliphatic heterocycles. The standard InChI is InChI=1S/C20H19F3NO/c21-20(22,23)15-12-10-14(11-13-15)17-8-4-5-9-18(17)19(25)24-16-6-2-1-3-7-16/h1-2,6-7,10-13H,3-5,8-9H2,(H,24,25). The van der Waals surface area contributed by atoms with Crippen molar-refractivity contribution in [3.63, 3.8) is 0 Å². The average molecular weight is 346 g/mol. The summed E-state index contributed by atoms with van der Waals surface area (Å²) in [5.41, 5.74) is 2.31. The number of rotatable bonds is 3. The summed E-state index contributed by atoms with van der Waals surface area (Å²) in [6.07, 6.45) is 7.27. The van der Waals surface area contributed by atoms with Crippen LogP contribution >= 0.6 is 0 Å². The summed E-state index contributed by atoms with van der Waals surface area (Å²) in [5, 5.41) is 2.90. The lowest BCUT2D eigenvalue weighted by atomic mass is 9.86. The van der Waals surface area contributed by atoms with Crippen molar-refractivity contribution in [1.29, 1.82) is 0 Å². The van der Waals surface area contributed by atoms with Gasteiger partial charge in [-0.15, -0.1) is 0 Å². The first-order valence-electron chi connectivity index (χ1n) is 8.36. The van der Waals surface area contributed by atoms with Crippen molar-refractivity contribution in [3.8, 4) is 0 Å². The normalized spacial score (nSPS) is 18.1. The van der Waals surface area contributed by atoms with E-state index in [0.29, 0.717) is 24.0 Å². The maximum Gasteiger partial charge on any atom is 0.416 e. The molecule has 1 radical (unpaired) electrons. The van der Waals surface area contributed by atoms with E-state index in [9.17, 15) is 18.0 Å². The second-order valence-electron chi connectivity index (χ2n) is 6.18. The van der Waals surface area contributed by atoms with Crippen molar-refractivity contribution in [3.05, 3.63) is 71.3 Å². The molecule has 1 N–H and O–H groups in total. The van der Waals surface area contributed by atoms with E-state index >= 15 is 0 Å². The van der Waals surface area contributed by atoms with Crippen LogP contribution in [0.4, 0.5) is 13.2 Å². The van der Waals surface area contributed by atoms with E-state index in [-0.39, 0.29) is 5.91 Å². The van der Waals surface area contributed by atoms with Gasteiger partial charge in [-0.25, -0.2) is 0 Å². The average Bonchev–Trinajstić information content (AvgIpc) is 2.62. The van der Waals surface area contributed by atoms with Gasteiger partial charge in [0.15, 0.2) is 0 Å². The predicted octanol–water partition coefficient (Wildman–Crippen LogP) is 5.20. The number of amides is 1. The molecule has 0 saturated carbocycles. The molecule has 0 saturated heterocycles. The highest BCUT2D eigenvalue weighted by Crippen LogP contribution is 2.35. The minimum absolute atomic E-state index is 0.160. The van der Waals surface area contributed by atoms with E-state index in [1.807, 2.05) is 24.6 Å². The maximum atomic E-state index is 12.7. The van der Waals surface area contributed by atoms with Gasteiger partial charge in [0.05, 0.1) is 5.56 Å². The minimum atomic E-state index is -4.35. The van der Waals surface area contributed by atoms with Gasteiger partial charge in [0.2, 0.25) is 0 Å². The van der Waals surface area contributed by atoms with Gasteiger partial charge in [-0.05, 0) is 67.9 Å². The molecule has 1 amide bonds. The van der Waals surface area contributed by atoms with Crippen molar-refractivity contribution < 1.29 is 18.0 Å². The first-order valence-corrected chi connectivity index (χ1v) is 8.36. The highest BCUT2D eigenvalue weighted by molar-refractivity contribution is 6.02. The van der Waals surface area contributed by atoms with Crippen LogP contribution in [-0.2, 0) is 11.0 Å². The van der Waals surface area contributed by atoms with E-state index < -0.39 is 11.7 Å². The Morgan fingerprint density at radius 1 is 1.04 bits per heavy atom. The lowest BCUT2D eigenvalue weighted by Gasteiger charge is -2.21. The first kappa shape index (κ1) is 17.5. The lowest BCUT2D eigenvalue weighted by molar-refractivity contribution is -0.137. The fraction of sp³-hybridized carbons (Fsp3) is 0.300. The van der Waals surface area contributed by atoms with Gasteiger partial charge < -0.3 is 5.32 Å². The molecule has 1 aromatic carbocycles. The molecule has 0 fully saturated rings. The Morgan fingerprint density at radius 3 is 2.40 bits per heavy atom. The van der Waals surface area contributed by atoms with Crippen LogP contribution in [0.1, 0.15) is 43.2 Å². The Kier molecular flexibility index (Phi) is 5.11. The largest absolute Gasteiger partial charge is 0.416 e. The fourth-order valence-electron chi connectivity index (χ4n) is 3.15. The van der Waals surface area contributed by atoms with Gasteiger partial charge in [0, 0.05) is 11.3 Å². The Morgan fingerprint density at radius 2 is 1.76 bits per heavy atom. The smallest absolute Gasteiger partial charge is 0.323 e. The Balaban J connectivity index is 1.86. The lowest BCUT2D eigenvalue weighted by Crippen LogP contribution is -2.26. The van der Waals surface area contributed by atoms with E-state index in [1.165, 1.54) is 12.1 Å². The molecule has 0 atom stereocenters. The summed E-state index contributed by atoms with van der Waals surface area (Å²) in [4.78, 5) is 12.6. The Labute approximate surface area is 145 Å². The zero-order valence-electron chi connectivity index (χ0n) is 13.7. The molecular formula is C20H19F3NO. The van der Waals surface area contributed by atoms with Gasteiger partial charge >= 0.3 is 6.18 Å². The molecule has 25 heavy (non-hydrogen) atoms. The summed E-state index contributed by atoms with van der Waals surface area (Å²) >= 11 is 0. The van der Waals surface area contributed by atoms with Gasteiger partial charge in [-0.2, -0.15) is 13.2 Å². The Hall–Kier alpha value is -2.30.